The van der Waals surface area contributed by atoms with E-state index in [4.69, 9.17) is 10.5 Å². The van der Waals surface area contributed by atoms with Crippen LogP contribution in [0.1, 0.15) is 29.5 Å². The lowest BCUT2D eigenvalue weighted by Gasteiger charge is -2.22. The molecule has 0 saturated carbocycles. The lowest BCUT2D eigenvalue weighted by Crippen LogP contribution is -2.47. The lowest BCUT2D eigenvalue weighted by atomic mass is 10.1. The van der Waals surface area contributed by atoms with Crippen LogP contribution in [0.25, 0.3) is 0 Å². The fourth-order valence-corrected chi connectivity index (χ4v) is 3.31. The molecule has 2 heterocycles. The smallest absolute Gasteiger partial charge is 0.315 e. The summed E-state index contributed by atoms with van der Waals surface area (Å²) in [7, 11) is 0. The van der Waals surface area contributed by atoms with Crippen LogP contribution < -0.4 is 15.8 Å². The fraction of sp³-hybridized carbons (Fsp3) is 0.350. The zero-order valence-corrected chi connectivity index (χ0v) is 15.6. The van der Waals surface area contributed by atoms with Crippen molar-refractivity contribution in [2.75, 3.05) is 6.54 Å². The highest BCUT2D eigenvalue weighted by molar-refractivity contribution is 5.87. The maximum Gasteiger partial charge on any atom is 0.315 e. The minimum Gasteiger partial charge on any atom is -0.438 e. The second-order valence-corrected chi connectivity index (χ2v) is 6.70. The molecule has 1 aliphatic rings. The average Bonchev–Trinajstić information content (AvgIpc) is 3.14. The lowest BCUT2D eigenvalue weighted by molar-refractivity contribution is -0.124. The number of primary amides is 1. The molecule has 1 saturated heterocycles. The van der Waals surface area contributed by atoms with Gasteiger partial charge in [-0.1, -0.05) is 24.3 Å². The number of rotatable bonds is 5. The van der Waals surface area contributed by atoms with Gasteiger partial charge in [0.25, 0.3) is 0 Å². The quantitative estimate of drug-likeness (QED) is 0.848. The Morgan fingerprint density at radius 2 is 2.00 bits per heavy atom. The van der Waals surface area contributed by atoms with Gasteiger partial charge in [0.1, 0.15) is 11.8 Å². The first kappa shape index (κ1) is 18.7. The highest BCUT2D eigenvalue weighted by Crippen LogP contribution is 2.29. The molecule has 3 rings (SSSR count). The summed E-state index contributed by atoms with van der Waals surface area (Å²) in [6.07, 6.45) is 3.04. The van der Waals surface area contributed by atoms with Crippen molar-refractivity contribution >= 4 is 11.9 Å². The molecule has 1 fully saturated rings. The molecule has 7 nitrogen and oxygen atoms in total. The molecule has 3 amide bonds. The van der Waals surface area contributed by atoms with E-state index in [1.807, 2.05) is 38.1 Å². The zero-order valence-electron chi connectivity index (χ0n) is 15.6. The third-order valence-electron chi connectivity index (χ3n) is 4.75. The molecule has 1 aromatic carbocycles. The summed E-state index contributed by atoms with van der Waals surface area (Å²) in [5.74, 6) is 1.00. The van der Waals surface area contributed by atoms with Gasteiger partial charge in [-0.2, -0.15) is 0 Å². The molecule has 3 N–H and O–H groups in total. The molecule has 1 aromatic heterocycles. The highest BCUT2D eigenvalue weighted by Gasteiger charge is 2.32. The zero-order chi connectivity index (χ0) is 19.4. The number of aromatic nitrogens is 1. The van der Waals surface area contributed by atoms with Crippen LogP contribution >= 0.6 is 0 Å². The number of aryl methyl sites for hydroxylation is 2. The molecule has 2 aromatic rings. The molecular weight excluding hydrogens is 344 g/mol. The monoisotopic (exact) mass is 368 g/mol. The summed E-state index contributed by atoms with van der Waals surface area (Å²) in [6, 6.07) is 8.51. The largest absolute Gasteiger partial charge is 0.438 e. The van der Waals surface area contributed by atoms with Gasteiger partial charge in [-0.15, -0.1) is 0 Å². The molecule has 0 unspecified atom stereocenters. The van der Waals surface area contributed by atoms with Gasteiger partial charge in [-0.3, -0.25) is 4.79 Å². The number of urea groups is 1. The summed E-state index contributed by atoms with van der Waals surface area (Å²) in [6.45, 7) is 4.73. The predicted octanol–water partition coefficient (Wildman–Crippen LogP) is 2.65. The Bertz CT molecular complexity index is 833. The topological polar surface area (TPSA) is 97.6 Å². The average molecular weight is 368 g/mol. The second kappa shape index (κ2) is 8.07. The molecule has 0 spiro atoms. The number of hydrogen-bond acceptors (Lipinski definition) is 4. The Hall–Kier alpha value is -3.09. The first-order valence-electron chi connectivity index (χ1n) is 8.99. The Morgan fingerprint density at radius 1 is 1.26 bits per heavy atom. The van der Waals surface area contributed by atoms with Crippen molar-refractivity contribution in [1.82, 2.24) is 15.2 Å². The van der Waals surface area contributed by atoms with E-state index in [1.54, 1.807) is 12.3 Å². The molecular formula is C20H24N4O3. The minimum absolute atomic E-state index is 0.215. The van der Waals surface area contributed by atoms with E-state index < -0.39 is 12.1 Å². The van der Waals surface area contributed by atoms with Gasteiger partial charge >= 0.3 is 6.03 Å². The maximum atomic E-state index is 12.5. The van der Waals surface area contributed by atoms with Crippen molar-refractivity contribution < 1.29 is 14.3 Å². The van der Waals surface area contributed by atoms with Crippen LogP contribution in [0.2, 0.25) is 0 Å². The summed E-state index contributed by atoms with van der Waals surface area (Å²) in [4.78, 5) is 29.7. The van der Waals surface area contributed by atoms with Gasteiger partial charge in [-0.05, 0) is 43.9 Å². The molecule has 27 heavy (non-hydrogen) atoms. The molecule has 7 heteroatoms. The van der Waals surface area contributed by atoms with E-state index in [1.165, 1.54) is 4.90 Å². The predicted molar refractivity (Wildman–Crippen MR) is 101 cm³/mol. The molecule has 0 aliphatic carbocycles. The summed E-state index contributed by atoms with van der Waals surface area (Å²) in [5, 5.41) is 2.87. The Balaban J connectivity index is 1.71. The van der Waals surface area contributed by atoms with E-state index >= 15 is 0 Å². The van der Waals surface area contributed by atoms with Crippen molar-refractivity contribution in [2.45, 2.75) is 39.3 Å². The van der Waals surface area contributed by atoms with Crippen LogP contribution in [-0.2, 0) is 11.3 Å². The SMILES string of the molecule is Cc1cccc(C)c1Oc1ncccc1CNC(=O)[C@@H]1CCCN1C(N)=O. The molecule has 1 atom stereocenters. The fourth-order valence-electron chi connectivity index (χ4n) is 3.31. The van der Waals surface area contributed by atoms with Crippen LogP contribution in [0.5, 0.6) is 11.6 Å². The van der Waals surface area contributed by atoms with Crippen LogP contribution in [0.3, 0.4) is 0 Å². The van der Waals surface area contributed by atoms with Crippen LogP contribution in [-0.4, -0.2) is 34.4 Å². The number of nitrogens with one attached hydrogen (secondary N) is 1. The number of carbonyl (C=O) groups is 2. The Morgan fingerprint density at radius 3 is 2.70 bits per heavy atom. The van der Waals surface area contributed by atoms with E-state index in [2.05, 4.69) is 10.3 Å². The van der Waals surface area contributed by atoms with Crippen LogP contribution in [0.4, 0.5) is 4.79 Å². The number of hydrogen-bond donors (Lipinski definition) is 2. The molecule has 0 radical (unpaired) electrons. The van der Waals surface area contributed by atoms with Crippen molar-refractivity contribution in [3.63, 3.8) is 0 Å². The summed E-state index contributed by atoms with van der Waals surface area (Å²) in [5.41, 5.74) is 8.14. The molecule has 142 valence electrons. The number of ether oxygens (including phenoxy) is 1. The maximum absolute atomic E-state index is 12.5. The number of benzene rings is 1. The first-order chi connectivity index (χ1) is 13.0. The highest BCUT2D eigenvalue weighted by atomic mass is 16.5. The van der Waals surface area contributed by atoms with E-state index in [0.29, 0.717) is 18.8 Å². The number of pyridine rings is 1. The van der Waals surface area contributed by atoms with Gasteiger partial charge in [0, 0.05) is 24.8 Å². The van der Waals surface area contributed by atoms with E-state index in [-0.39, 0.29) is 12.5 Å². The van der Waals surface area contributed by atoms with E-state index in [9.17, 15) is 9.59 Å². The number of likely N-dealkylation sites (tertiary alicyclic amines) is 1. The van der Waals surface area contributed by atoms with Gasteiger partial charge in [0.2, 0.25) is 11.8 Å². The minimum atomic E-state index is -0.562. The van der Waals surface area contributed by atoms with E-state index in [0.717, 1.165) is 28.9 Å². The van der Waals surface area contributed by atoms with Gasteiger partial charge in [-0.25, -0.2) is 9.78 Å². The molecule has 0 bridgehead atoms. The number of nitrogens with two attached hydrogens (primary N) is 1. The van der Waals surface area contributed by atoms with Crippen molar-refractivity contribution in [2.24, 2.45) is 5.73 Å². The van der Waals surface area contributed by atoms with Crippen molar-refractivity contribution in [3.05, 3.63) is 53.2 Å². The summed E-state index contributed by atoms with van der Waals surface area (Å²) < 4.78 is 6.04. The number of para-hydroxylation sites is 1. The standard InChI is InChI=1S/C20H24N4O3/c1-13-6-3-7-14(2)17(13)27-19-15(8-4-10-22-19)12-23-18(25)16-9-5-11-24(16)20(21)26/h3-4,6-8,10,16H,5,9,11-12H2,1-2H3,(H2,21,26)(H,23,25)/t16-/m0/s1. The van der Waals surface area contributed by atoms with Gasteiger partial charge < -0.3 is 20.7 Å². The van der Waals surface area contributed by atoms with Crippen LogP contribution in [0, 0.1) is 13.8 Å². The van der Waals surface area contributed by atoms with Gasteiger partial charge in [0.05, 0.1) is 0 Å². The van der Waals surface area contributed by atoms with Crippen molar-refractivity contribution in [3.8, 4) is 11.6 Å². The van der Waals surface area contributed by atoms with Crippen molar-refractivity contribution in [1.29, 1.82) is 0 Å². The Kier molecular flexibility index (Phi) is 5.59. The Labute approximate surface area is 158 Å². The number of amides is 3. The second-order valence-electron chi connectivity index (χ2n) is 6.70. The third-order valence-corrected chi connectivity index (χ3v) is 4.75. The normalized spacial score (nSPS) is 16.2. The molecule has 1 aliphatic heterocycles. The van der Waals surface area contributed by atoms with Gasteiger partial charge in [0.15, 0.2) is 0 Å². The first-order valence-corrected chi connectivity index (χ1v) is 8.99. The van der Waals surface area contributed by atoms with Crippen LogP contribution in [0.15, 0.2) is 36.5 Å². The number of carbonyl (C=O) groups excluding carboxylic acids is 2. The third kappa shape index (κ3) is 4.19. The summed E-state index contributed by atoms with van der Waals surface area (Å²) >= 11 is 0. The number of nitrogens with zero attached hydrogens (tertiary/aromatic N) is 2.